The van der Waals surface area contributed by atoms with E-state index in [-0.39, 0.29) is 0 Å². The smallest absolute Gasteiger partial charge is 0.0595 e. The molecule has 0 aromatic carbocycles. The lowest BCUT2D eigenvalue weighted by atomic mass is 9.83. The van der Waals surface area contributed by atoms with Crippen LogP contribution in [0.3, 0.4) is 0 Å². The zero-order chi connectivity index (χ0) is 10.3. The molecule has 2 bridgehead atoms. The maximum Gasteiger partial charge on any atom is 0.0595 e. The van der Waals surface area contributed by atoms with Crippen LogP contribution in [0.5, 0.6) is 0 Å². The van der Waals surface area contributed by atoms with Gasteiger partial charge in [-0.3, -0.25) is 4.90 Å². The molecule has 0 radical (unpaired) electrons. The summed E-state index contributed by atoms with van der Waals surface area (Å²) in [5.41, 5.74) is 0. The molecular weight excluding hydrogens is 285 g/mol. The van der Waals surface area contributed by atoms with Gasteiger partial charge >= 0.3 is 0 Å². The van der Waals surface area contributed by atoms with Gasteiger partial charge in [0.15, 0.2) is 0 Å². The lowest BCUT2D eigenvalue weighted by Crippen LogP contribution is -2.46. The van der Waals surface area contributed by atoms with Gasteiger partial charge in [-0.15, -0.1) is 0 Å². The summed E-state index contributed by atoms with van der Waals surface area (Å²) in [4.78, 5) is 2.78. The number of piperidine rings is 1. The highest BCUT2D eigenvalue weighted by Crippen LogP contribution is 2.43. The number of fused-ring (bicyclic) bond motifs is 2. The molecule has 2 rings (SSSR count). The van der Waals surface area contributed by atoms with Crippen LogP contribution >= 0.6 is 22.6 Å². The quantitative estimate of drug-likeness (QED) is 0.427. The summed E-state index contributed by atoms with van der Waals surface area (Å²) >= 11 is 2.58. The van der Waals surface area contributed by atoms with Crippen molar-refractivity contribution in [2.45, 2.75) is 62.6 Å². The predicted molar refractivity (Wildman–Crippen MR) is 69.7 cm³/mol. The summed E-state index contributed by atoms with van der Waals surface area (Å²) in [7, 11) is 0. The van der Waals surface area contributed by atoms with E-state index in [1.807, 2.05) is 0 Å². The molecule has 2 heterocycles. The minimum absolute atomic E-state index is 0.734. The van der Waals surface area contributed by atoms with Gasteiger partial charge in [-0.1, -0.05) is 36.4 Å². The van der Waals surface area contributed by atoms with Crippen LogP contribution in [-0.2, 0) is 0 Å². The number of halogens is 1. The fraction of sp³-hybridized carbons (Fsp3) is 1.00. The Bertz CT molecular complexity index is 188. The minimum atomic E-state index is 0.734. The Labute approximate surface area is 102 Å². The average molecular weight is 307 g/mol. The van der Waals surface area contributed by atoms with Crippen LogP contribution in [0, 0.1) is 11.8 Å². The topological polar surface area (TPSA) is 3.24 Å². The van der Waals surface area contributed by atoms with Crippen LogP contribution in [0.4, 0.5) is 0 Å². The van der Waals surface area contributed by atoms with Gasteiger partial charge in [-0.05, 0) is 44.4 Å². The number of nitrogens with zero attached hydrogens (tertiary/aromatic N) is 1. The molecule has 2 fully saturated rings. The molecule has 0 saturated carbocycles. The van der Waals surface area contributed by atoms with E-state index in [0.29, 0.717) is 0 Å². The Kier molecular flexibility index (Phi) is 3.42. The van der Waals surface area contributed by atoms with Crippen molar-refractivity contribution < 1.29 is 0 Å². The number of hydrogen-bond acceptors (Lipinski definition) is 1. The lowest BCUT2D eigenvalue weighted by Gasteiger charge is -2.42. The Balaban J connectivity index is 2.05. The molecule has 0 aromatic rings. The maximum atomic E-state index is 2.78. The normalized spacial score (nSPS) is 40.5. The highest BCUT2D eigenvalue weighted by molar-refractivity contribution is 14.1. The molecule has 2 aliphatic rings. The van der Waals surface area contributed by atoms with Crippen molar-refractivity contribution in [3.05, 3.63) is 0 Å². The second-order valence-corrected chi connectivity index (χ2v) is 7.18. The number of hydrogen-bond donors (Lipinski definition) is 0. The summed E-state index contributed by atoms with van der Waals surface area (Å²) in [6.07, 6.45) is 5.84. The monoisotopic (exact) mass is 307 g/mol. The van der Waals surface area contributed by atoms with Gasteiger partial charge in [-0.2, -0.15) is 0 Å². The summed E-state index contributed by atoms with van der Waals surface area (Å²) in [6.45, 7) is 7.14. The van der Waals surface area contributed by atoms with Gasteiger partial charge < -0.3 is 0 Å². The van der Waals surface area contributed by atoms with Gasteiger partial charge in [-0.25, -0.2) is 0 Å². The van der Waals surface area contributed by atoms with Crippen LogP contribution in [0.25, 0.3) is 0 Å². The van der Waals surface area contributed by atoms with E-state index in [4.69, 9.17) is 0 Å². The Morgan fingerprint density at radius 2 is 1.57 bits per heavy atom. The summed E-state index contributed by atoms with van der Waals surface area (Å²) in [5.74, 6) is 1.89. The second-order valence-electron chi connectivity index (χ2n) is 5.38. The molecule has 0 spiro atoms. The summed E-state index contributed by atoms with van der Waals surface area (Å²) in [5, 5.41) is 0. The minimum Gasteiger partial charge on any atom is -0.286 e. The Morgan fingerprint density at radius 3 is 1.93 bits per heavy atom. The van der Waals surface area contributed by atoms with Crippen LogP contribution in [0.1, 0.15) is 46.5 Å². The van der Waals surface area contributed by atoms with E-state index < -0.39 is 0 Å². The van der Waals surface area contributed by atoms with Crippen LogP contribution in [0.2, 0.25) is 0 Å². The first-order chi connectivity index (χ1) is 6.59. The molecule has 2 saturated heterocycles. The Hall–Kier alpha value is 0.690. The van der Waals surface area contributed by atoms with Crippen molar-refractivity contribution in [2.75, 3.05) is 0 Å². The van der Waals surface area contributed by atoms with E-state index in [1.54, 1.807) is 0 Å². The molecule has 0 aliphatic carbocycles. The Morgan fingerprint density at radius 1 is 1.07 bits per heavy atom. The first-order valence-electron chi connectivity index (χ1n) is 6.01. The summed E-state index contributed by atoms with van der Waals surface area (Å²) < 4.78 is 0.734. The maximum absolute atomic E-state index is 2.78. The van der Waals surface area contributed by atoms with E-state index in [1.165, 1.54) is 25.7 Å². The molecule has 0 aromatic heterocycles. The molecule has 0 N–H and O–H groups in total. The van der Waals surface area contributed by atoms with Gasteiger partial charge in [0, 0.05) is 12.1 Å². The SMILES string of the molecule is CC(C)C1CC2CCC(C1)N2C(C)I. The molecule has 3 unspecified atom stereocenters. The molecule has 3 atom stereocenters. The molecule has 2 aliphatic heterocycles. The summed E-state index contributed by atoms with van der Waals surface area (Å²) in [6, 6.07) is 1.82. The van der Waals surface area contributed by atoms with Crippen LogP contribution in [0.15, 0.2) is 0 Å². The molecule has 0 amide bonds. The first kappa shape index (κ1) is 11.2. The van der Waals surface area contributed by atoms with Gasteiger partial charge in [0.1, 0.15) is 0 Å². The third-order valence-corrected chi connectivity index (χ3v) is 4.82. The van der Waals surface area contributed by atoms with Crippen molar-refractivity contribution in [1.82, 2.24) is 4.90 Å². The largest absolute Gasteiger partial charge is 0.286 e. The van der Waals surface area contributed by atoms with Crippen molar-refractivity contribution in [3.63, 3.8) is 0 Å². The standard InChI is InChI=1S/C12H22IN/c1-8(2)10-6-11-4-5-12(7-10)14(11)9(3)13/h8-12H,4-7H2,1-3H3. The van der Waals surface area contributed by atoms with E-state index in [9.17, 15) is 0 Å². The van der Waals surface area contributed by atoms with Crippen molar-refractivity contribution >= 4 is 22.6 Å². The van der Waals surface area contributed by atoms with Gasteiger partial charge in [0.05, 0.1) is 4.05 Å². The number of rotatable bonds is 2. The fourth-order valence-corrected chi connectivity index (χ4v) is 4.29. The zero-order valence-corrected chi connectivity index (χ0v) is 11.7. The molecule has 2 heteroatoms. The third-order valence-electron chi connectivity index (χ3n) is 4.18. The second kappa shape index (κ2) is 4.28. The predicted octanol–water partition coefficient (Wildman–Crippen LogP) is 3.67. The van der Waals surface area contributed by atoms with Crippen molar-refractivity contribution in [2.24, 2.45) is 11.8 Å². The highest BCUT2D eigenvalue weighted by Gasteiger charge is 2.42. The molecule has 1 nitrogen and oxygen atoms in total. The van der Waals surface area contributed by atoms with Crippen molar-refractivity contribution in [3.8, 4) is 0 Å². The third kappa shape index (κ3) is 1.97. The molecular formula is C12H22IN. The van der Waals surface area contributed by atoms with E-state index >= 15 is 0 Å². The van der Waals surface area contributed by atoms with E-state index in [2.05, 4.69) is 48.3 Å². The zero-order valence-electron chi connectivity index (χ0n) is 9.54. The molecule has 14 heavy (non-hydrogen) atoms. The van der Waals surface area contributed by atoms with Crippen LogP contribution < -0.4 is 0 Å². The van der Waals surface area contributed by atoms with E-state index in [0.717, 1.165) is 28.0 Å². The highest BCUT2D eigenvalue weighted by atomic mass is 127. The number of alkyl halides is 1. The first-order valence-corrected chi connectivity index (χ1v) is 7.25. The fourth-order valence-electron chi connectivity index (χ4n) is 3.38. The van der Waals surface area contributed by atoms with Gasteiger partial charge in [0.2, 0.25) is 0 Å². The lowest BCUT2D eigenvalue weighted by molar-refractivity contribution is 0.0850. The molecule has 82 valence electrons. The van der Waals surface area contributed by atoms with Gasteiger partial charge in [0.25, 0.3) is 0 Å². The van der Waals surface area contributed by atoms with Crippen molar-refractivity contribution in [1.29, 1.82) is 0 Å². The van der Waals surface area contributed by atoms with Crippen LogP contribution in [-0.4, -0.2) is 21.0 Å². The average Bonchev–Trinajstić information content (AvgIpc) is 2.37.